The number of nitrogens with zero attached hydrogens (tertiary/aromatic N) is 1. The van der Waals surface area contributed by atoms with Crippen molar-refractivity contribution >= 4 is 46.7 Å². The third-order valence-electron chi connectivity index (χ3n) is 5.45. The third-order valence-corrected chi connectivity index (χ3v) is 6.01. The van der Waals surface area contributed by atoms with Gasteiger partial charge in [-0.3, -0.25) is 14.8 Å². The number of amides is 4. The Balaban J connectivity index is 2.08. The summed E-state index contributed by atoms with van der Waals surface area (Å²) in [4.78, 5) is 38.9. The molecule has 2 rings (SSSR count). The predicted octanol–water partition coefficient (Wildman–Crippen LogP) is 4.05. The number of anilines is 1. The fraction of sp³-hybridized carbons (Fsp3) is 0.571. The maximum atomic E-state index is 13.2. The molecule has 1 aliphatic carbocycles. The molecule has 1 aliphatic rings. The SMILES string of the molecule is CC(C)C(NC(=O)Nc1cc(Cl)ccc1Cl)C(=O)N(CCC1CCCC1)CC(=O)NO. The van der Waals surface area contributed by atoms with Crippen molar-refractivity contribution in [2.24, 2.45) is 11.8 Å². The van der Waals surface area contributed by atoms with Gasteiger partial charge in [0.15, 0.2) is 0 Å². The monoisotopic (exact) mass is 472 g/mol. The van der Waals surface area contributed by atoms with Gasteiger partial charge in [0.1, 0.15) is 12.6 Å². The van der Waals surface area contributed by atoms with E-state index in [0.717, 1.165) is 19.3 Å². The molecule has 0 aromatic heterocycles. The molecule has 1 atom stereocenters. The van der Waals surface area contributed by atoms with Gasteiger partial charge in [0.05, 0.1) is 10.7 Å². The van der Waals surface area contributed by atoms with Crippen molar-refractivity contribution in [1.29, 1.82) is 0 Å². The van der Waals surface area contributed by atoms with Gasteiger partial charge in [-0.25, -0.2) is 10.3 Å². The number of carbonyl (C=O) groups is 3. The summed E-state index contributed by atoms with van der Waals surface area (Å²) in [5, 5.41) is 14.9. The number of hydrogen-bond donors (Lipinski definition) is 4. The molecule has 0 aliphatic heterocycles. The van der Waals surface area contributed by atoms with Crippen LogP contribution in [-0.2, 0) is 9.59 Å². The number of hydrogen-bond acceptors (Lipinski definition) is 4. The number of benzene rings is 1. The summed E-state index contributed by atoms with van der Waals surface area (Å²) in [6.07, 6.45) is 5.36. The van der Waals surface area contributed by atoms with E-state index in [-0.39, 0.29) is 18.4 Å². The Morgan fingerprint density at radius 1 is 1.19 bits per heavy atom. The fourth-order valence-electron chi connectivity index (χ4n) is 3.72. The average molecular weight is 473 g/mol. The van der Waals surface area contributed by atoms with Crippen LogP contribution < -0.4 is 16.1 Å². The van der Waals surface area contributed by atoms with Gasteiger partial charge in [-0.15, -0.1) is 0 Å². The van der Waals surface area contributed by atoms with Crippen LogP contribution in [0.25, 0.3) is 0 Å². The molecule has 1 fully saturated rings. The number of carbonyl (C=O) groups excluding carboxylic acids is 3. The molecule has 10 heteroatoms. The van der Waals surface area contributed by atoms with Crippen molar-refractivity contribution < 1.29 is 19.6 Å². The molecule has 1 unspecified atom stereocenters. The lowest BCUT2D eigenvalue weighted by Gasteiger charge is -2.30. The van der Waals surface area contributed by atoms with Crippen molar-refractivity contribution in [3.05, 3.63) is 28.2 Å². The topological polar surface area (TPSA) is 111 Å². The van der Waals surface area contributed by atoms with Gasteiger partial charge < -0.3 is 15.5 Å². The minimum Gasteiger partial charge on any atom is -0.332 e. The van der Waals surface area contributed by atoms with Crippen molar-refractivity contribution in [2.75, 3.05) is 18.4 Å². The maximum Gasteiger partial charge on any atom is 0.319 e. The molecule has 172 valence electrons. The van der Waals surface area contributed by atoms with Gasteiger partial charge in [0.25, 0.3) is 5.91 Å². The second kappa shape index (κ2) is 12.1. The van der Waals surface area contributed by atoms with Crippen molar-refractivity contribution in [2.45, 2.75) is 52.0 Å². The zero-order valence-electron chi connectivity index (χ0n) is 17.8. The largest absolute Gasteiger partial charge is 0.332 e. The Kier molecular flexibility index (Phi) is 9.87. The Morgan fingerprint density at radius 2 is 1.87 bits per heavy atom. The molecular formula is C21H30Cl2N4O4. The molecule has 1 aromatic rings. The smallest absolute Gasteiger partial charge is 0.319 e. The highest BCUT2D eigenvalue weighted by atomic mass is 35.5. The number of hydroxylamine groups is 1. The first kappa shape index (κ1) is 25.2. The van der Waals surface area contributed by atoms with Crippen LogP contribution in [0, 0.1) is 11.8 Å². The van der Waals surface area contributed by atoms with Gasteiger partial charge in [0.2, 0.25) is 5.91 Å². The molecule has 31 heavy (non-hydrogen) atoms. The van der Waals surface area contributed by atoms with Crippen LogP contribution in [0.2, 0.25) is 10.0 Å². The summed E-state index contributed by atoms with van der Waals surface area (Å²) in [5.41, 5.74) is 1.89. The van der Waals surface area contributed by atoms with E-state index in [0.29, 0.717) is 28.2 Å². The molecule has 4 N–H and O–H groups in total. The molecule has 0 heterocycles. The summed E-state index contributed by atoms with van der Waals surface area (Å²) in [5.74, 6) is -0.785. The third kappa shape index (κ3) is 7.87. The fourth-order valence-corrected chi connectivity index (χ4v) is 4.05. The van der Waals surface area contributed by atoms with E-state index < -0.39 is 18.0 Å². The zero-order valence-corrected chi connectivity index (χ0v) is 19.3. The Hall–Kier alpha value is -2.03. The lowest BCUT2D eigenvalue weighted by Crippen LogP contribution is -2.54. The summed E-state index contributed by atoms with van der Waals surface area (Å²) >= 11 is 12.0. The highest BCUT2D eigenvalue weighted by molar-refractivity contribution is 6.35. The second-order valence-corrected chi connectivity index (χ2v) is 9.02. The van der Waals surface area contributed by atoms with Crippen LogP contribution in [0.5, 0.6) is 0 Å². The van der Waals surface area contributed by atoms with E-state index in [1.165, 1.54) is 23.8 Å². The molecule has 4 amide bonds. The van der Waals surface area contributed by atoms with Crippen LogP contribution in [-0.4, -0.2) is 47.1 Å². The number of rotatable bonds is 9. The summed E-state index contributed by atoms with van der Waals surface area (Å²) in [6.45, 7) is 3.70. The highest BCUT2D eigenvalue weighted by Gasteiger charge is 2.30. The molecule has 0 bridgehead atoms. The van der Waals surface area contributed by atoms with Gasteiger partial charge in [0, 0.05) is 11.6 Å². The predicted molar refractivity (Wildman–Crippen MR) is 120 cm³/mol. The first-order chi connectivity index (χ1) is 14.7. The molecule has 1 saturated carbocycles. The van der Waals surface area contributed by atoms with Crippen molar-refractivity contribution in [1.82, 2.24) is 15.7 Å². The Morgan fingerprint density at radius 3 is 2.48 bits per heavy atom. The summed E-state index contributed by atoms with van der Waals surface area (Å²) in [7, 11) is 0. The lowest BCUT2D eigenvalue weighted by atomic mass is 10.0. The van der Waals surface area contributed by atoms with Gasteiger partial charge in [-0.1, -0.05) is 62.7 Å². The lowest BCUT2D eigenvalue weighted by molar-refractivity contribution is -0.141. The quantitative estimate of drug-likeness (QED) is 0.320. The van der Waals surface area contributed by atoms with Crippen molar-refractivity contribution in [3.8, 4) is 0 Å². The number of halogens is 2. The average Bonchev–Trinajstić information content (AvgIpc) is 3.24. The molecule has 1 aromatic carbocycles. The second-order valence-electron chi connectivity index (χ2n) is 8.18. The Labute approximate surface area is 192 Å². The van der Waals surface area contributed by atoms with Crippen molar-refractivity contribution in [3.63, 3.8) is 0 Å². The van der Waals surface area contributed by atoms with E-state index in [1.807, 2.05) is 0 Å². The molecule has 0 spiro atoms. The first-order valence-electron chi connectivity index (χ1n) is 10.5. The number of nitrogens with one attached hydrogen (secondary N) is 3. The molecule has 0 radical (unpaired) electrons. The normalized spacial score (nSPS) is 14.9. The number of urea groups is 1. The van der Waals surface area contributed by atoms with Gasteiger partial charge >= 0.3 is 6.03 Å². The van der Waals surface area contributed by atoms with Crippen LogP contribution in [0.1, 0.15) is 46.0 Å². The van der Waals surface area contributed by atoms with Crippen LogP contribution in [0.3, 0.4) is 0 Å². The zero-order chi connectivity index (χ0) is 23.0. The minimum atomic E-state index is -0.868. The highest BCUT2D eigenvalue weighted by Crippen LogP contribution is 2.28. The standard InChI is InChI=1S/C21H30Cl2N4O4/c1-13(2)19(25-21(30)24-17-11-15(22)7-8-16(17)23)20(29)27(12-18(28)26-31)10-9-14-5-3-4-6-14/h7-8,11,13-14,19,31H,3-6,9-10,12H2,1-2H3,(H,26,28)(H2,24,25,30). The van der Waals surface area contributed by atoms with E-state index in [4.69, 9.17) is 28.4 Å². The molecular weight excluding hydrogens is 443 g/mol. The van der Waals surface area contributed by atoms with E-state index in [2.05, 4.69) is 10.6 Å². The van der Waals surface area contributed by atoms with Gasteiger partial charge in [-0.2, -0.15) is 0 Å². The van der Waals surface area contributed by atoms with Crippen LogP contribution in [0.15, 0.2) is 18.2 Å². The van der Waals surface area contributed by atoms with E-state index >= 15 is 0 Å². The van der Waals surface area contributed by atoms with E-state index in [1.54, 1.807) is 31.5 Å². The first-order valence-corrected chi connectivity index (χ1v) is 11.2. The summed E-state index contributed by atoms with van der Waals surface area (Å²) < 4.78 is 0. The van der Waals surface area contributed by atoms with Crippen LogP contribution in [0.4, 0.5) is 10.5 Å². The molecule has 0 saturated heterocycles. The van der Waals surface area contributed by atoms with Gasteiger partial charge in [-0.05, 0) is 36.5 Å². The van der Waals surface area contributed by atoms with Crippen LogP contribution >= 0.6 is 23.2 Å². The molecule has 8 nitrogen and oxygen atoms in total. The minimum absolute atomic E-state index is 0.237. The van der Waals surface area contributed by atoms with E-state index in [9.17, 15) is 14.4 Å². The Bertz CT molecular complexity index is 785. The summed E-state index contributed by atoms with van der Waals surface area (Å²) in [6, 6.07) is 3.19. The maximum absolute atomic E-state index is 13.2.